The van der Waals surface area contributed by atoms with E-state index in [0.29, 0.717) is 6.04 Å². The van der Waals surface area contributed by atoms with Gasteiger partial charge in [0.05, 0.1) is 0 Å². The molecule has 0 bridgehead atoms. The van der Waals surface area contributed by atoms with Gasteiger partial charge in [0.1, 0.15) is 0 Å². The molecule has 0 aliphatic rings. The first-order valence-corrected chi connectivity index (χ1v) is 19.3. The van der Waals surface area contributed by atoms with E-state index in [1.165, 1.54) is 192 Å². The highest BCUT2D eigenvalue weighted by molar-refractivity contribution is 5.18. The van der Waals surface area contributed by atoms with Crippen LogP contribution in [0.5, 0.6) is 0 Å². The van der Waals surface area contributed by atoms with Gasteiger partial charge in [-0.1, -0.05) is 218 Å². The summed E-state index contributed by atoms with van der Waals surface area (Å²) in [6.45, 7) is 5.50. The molecule has 0 heterocycles. The van der Waals surface area contributed by atoms with E-state index in [0.717, 1.165) is 6.54 Å². The molecule has 2 nitrogen and oxygen atoms in total. The minimum atomic E-state index is 0.0942. The molecule has 1 aromatic rings. The number of hydrogen-bond acceptors (Lipinski definition) is 2. The fourth-order valence-electron chi connectivity index (χ4n) is 6.45. The van der Waals surface area contributed by atoms with Gasteiger partial charge < -0.3 is 11.1 Å². The topological polar surface area (TPSA) is 38.0 Å². The maximum absolute atomic E-state index is 6.54. The molecule has 2 heteroatoms. The Bertz CT molecular complexity index is 630. The molecule has 2 atom stereocenters. The highest BCUT2D eigenvalue weighted by Crippen LogP contribution is 2.18. The third kappa shape index (κ3) is 25.6. The lowest BCUT2D eigenvalue weighted by atomic mass is 9.98. The summed E-state index contributed by atoms with van der Waals surface area (Å²) >= 11 is 0. The van der Waals surface area contributed by atoms with Crippen LogP contribution < -0.4 is 11.1 Å². The van der Waals surface area contributed by atoms with Gasteiger partial charge in [0.25, 0.3) is 0 Å². The van der Waals surface area contributed by atoms with E-state index < -0.39 is 0 Å². The first-order chi connectivity index (χ1) is 20.8. The molecule has 0 spiro atoms. The molecule has 0 aromatic heterocycles. The molecule has 42 heavy (non-hydrogen) atoms. The van der Waals surface area contributed by atoms with Crippen molar-refractivity contribution in [2.45, 2.75) is 212 Å². The van der Waals surface area contributed by atoms with Crippen LogP contribution in [0.15, 0.2) is 30.3 Å². The summed E-state index contributed by atoms with van der Waals surface area (Å²) in [4.78, 5) is 0. The van der Waals surface area contributed by atoms with Crippen molar-refractivity contribution in [3.05, 3.63) is 35.9 Å². The standard InChI is InChI=1S/C40H76N2/c1-3-5-7-9-11-13-15-17-19-21-23-25-27-32-36-39(42-37-40(41)38-33-29-28-30-34-38)35-31-26-24-22-20-18-16-14-12-10-8-6-4-2/h28-30,33-34,39-40,42H,3-27,31-32,35-37,41H2,1-2H3. The van der Waals surface area contributed by atoms with E-state index in [1.54, 1.807) is 0 Å². The monoisotopic (exact) mass is 585 g/mol. The first kappa shape index (κ1) is 39.2. The van der Waals surface area contributed by atoms with Gasteiger partial charge in [0.15, 0.2) is 0 Å². The molecule has 246 valence electrons. The molecule has 1 rings (SSSR count). The number of unbranched alkanes of at least 4 members (excludes halogenated alkanes) is 25. The van der Waals surface area contributed by atoms with E-state index >= 15 is 0 Å². The number of nitrogens with one attached hydrogen (secondary N) is 1. The van der Waals surface area contributed by atoms with Crippen molar-refractivity contribution in [2.75, 3.05) is 6.54 Å². The minimum absolute atomic E-state index is 0.0942. The molecule has 0 radical (unpaired) electrons. The average Bonchev–Trinajstić information content (AvgIpc) is 3.02. The van der Waals surface area contributed by atoms with Crippen molar-refractivity contribution in [3.8, 4) is 0 Å². The molecule has 0 aliphatic carbocycles. The van der Waals surface area contributed by atoms with Gasteiger partial charge in [0.2, 0.25) is 0 Å². The van der Waals surface area contributed by atoms with E-state index in [1.807, 2.05) is 0 Å². The SMILES string of the molecule is CCCCCCCCCCCCCCCCC(CCCCCCCCCCCCCCC)NCC(N)c1ccccc1. The van der Waals surface area contributed by atoms with Crippen molar-refractivity contribution in [2.24, 2.45) is 5.73 Å². The summed E-state index contributed by atoms with van der Waals surface area (Å²) in [7, 11) is 0. The highest BCUT2D eigenvalue weighted by Gasteiger charge is 2.11. The Kier molecular flexibility index (Phi) is 29.4. The van der Waals surface area contributed by atoms with E-state index in [-0.39, 0.29) is 6.04 Å². The van der Waals surface area contributed by atoms with Crippen molar-refractivity contribution in [1.82, 2.24) is 5.32 Å². The number of nitrogens with two attached hydrogens (primary N) is 1. The molecular weight excluding hydrogens is 508 g/mol. The van der Waals surface area contributed by atoms with E-state index in [2.05, 4.69) is 49.5 Å². The Balaban J connectivity index is 2.12. The third-order valence-corrected chi connectivity index (χ3v) is 9.42. The van der Waals surface area contributed by atoms with Crippen LogP contribution >= 0.6 is 0 Å². The highest BCUT2D eigenvalue weighted by atomic mass is 14.9. The third-order valence-electron chi connectivity index (χ3n) is 9.42. The summed E-state index contributed by atoms with van der Waals surface area (Å²) in [5, 5.41) is 3.88. The van der Waals surface area contributed by atoms with Crippen LogP contribution in [-0.2, 0) is 0 Å². The predicted octanol–water partition coefficient (Wildman–Crippen LogP) is 13.0. The van der Waals surface area contributed by atoms with Gasteiger partial charge in [-0.05, 0) is 18.4 Å². The second kappa shape index (κ2) is 31.6. The summed E-state index contributed by atoms with van der Waals surface area (Å²) in [6, 6.07) is 11.4. The Morgan fingerprint density at radius 1 is 0.452 bits per heavy atom. The van der Waals surface area contributed by atoms with E-state index in [9.17, 15) is 0 Å². The smallest absolute Gasteiger partial charge is 0.0421 e. The van der Waals surface area contributed by atoms with Crippen LogP contribution in [0, 0.1) is 0 Å². The Morgan fingerprint density at radius 3 is 1.10 bits per heavy atom. The van der Waals surface area contributed by atoms with Gasteiger partial charge in [0, 0.05) is 18.6 Å². The molecule has 3 N–H and O–H groups in total. The van der Waals surface area contributed by atoms with Crippen LogP contribution in [0.4, 0.5) is 0 Å². The molecule has 0 saturated heterocycles. The van der Waals surface area contributed by atoms with Crippen molar-refractivity contribution in [3.63, 3.8) is 0 Å². The van der Waals surface area contributed by atoms with Crippen LogP contribution in [0.2, 0.25) is 0 Å². The molecular formula is C40H76N2. The molecule has 0 aliphatic heterocycles. The zero-order chi connectivity index (χ0) is 30.2. The molecule has 0 amide bonds. The quantitative estimate of drug-likeness (QED) is 0.0806. The maximum Gasteiger partial charge on any atom is 0.0421 e. The number of benzene rings is 1. The van der Waals surface area contributed by atoms with Crippen LogP contribution in [0.25, 0.3) is 0 Å². The summed E-state index contributed by atoms with van der Waals surface area (Å²) in [5.41, 5.74) is 7.79. The summed E-state index contributed by atoms with van der Waals surface area (Å²) in [5.74, 6) is 0. The van der Waals surface area contributed by atoms with Gasteiger partial charge >= 0.3 is 0 Å². The zero-order valence-corrected chi connectivity index (χ0v) is 28.8. The first-order valence-electron chi connectivity index (χ1n) is 19.3. The lowest BCUT2D eigenvalue weighted by Gasteiger charge is -2.22. The van der Waals surface area contributed by atoms with Gasteiger partial charge in [-0.3, -0.25) is 0 Å². The number of hydrogen-bond donors (Lipinski definition) is 2. The van der Waals surface area contributed by atoms with Gasteiger partial charge in [-0.2, -0.15) is 0 Å². The maximum atomic E-state index is 6.54. The molecule has 0 saturated carbocycles. The molecule has 2 unspecified atom stereocenters. The van der Waals surface area contributed by atoms with Crippen LogP contribution in [0.1, 0.15) is 212 Å². The van der Waals surface area contributed by atoms with Crippen LogP contribution in [0.3, 0.4) is 0 Å². The molecule has 1 aromatic carbocycles. The summed E-state index contributed by atoms with van der Waals surface area (Å²) < 4.78 is 0. The second-order valence-corrected chi connectivity index (χ2v) is 13.5. The van der Waals surface area contributed by atoms with Crippen molar-refractivity contribution in [1.29, 1.82) is 0 Å². The fourth-order valence-corrected chi connectivity index (χ4v) is 6.45. The van der Waals surface area contributed by atoms with Crippen molar-refractivity contribution >= 4 is 0 Å². The van der Waals surface area contributed by atoms with Crippen LogP contribution in [-0.4, -0.2) is 12.6 Å². The summed E-state index contributed by atoms with van der Waals surface area (Å²) in [6.07, 6.45) is 41.3. The average molecular weight is 585 g/mol. The lowest BCUT2D eigenvalue weighted by molar-refractivity contribution is 0.400. The fraction of sp³-hybridized carbons (Fsp3) is 0.850. The Morgan fingerprint density at radius 2 is 0.762 bits per heavy atom. The van der Waals surface area contributed by atoms with E-state index in [4.69, 9.17) is 5.73 Å². The predicted molar refractivity (Wildman–Crippen MR) is 190 cm³/mol. The number of rotatable bonds is 33. The van der Waals surface area contributed by atoms with Gasteiger partial charge in [-0.15, -0.1) is 0 Å². The normalized spacial score (nSPS) is 13.0. The minimum Gasteiger partial charge on any atom is -0.323 e. The lowest BCUT2D eigenvalue weighted by Crippen LogP contribution is -2.35. The van der Waals surface area contributed by atoms with Gasteiger partial charge in [-0.25, -0.2) is 0 Å². The zero-order valence-electron chi connectivity index (χ0n) is 28.8. The molecule has 0 fully saturated rings. The second-order valence-electron chi connectivity index (χ2n) is 13.5. The Hall–Kier alpha value is -0.860. The Labute approximate surface area is 265 Å². The largest absolute Gasteiger partial charge is 0.323 e. The van der Waals surface area contributed by atoms with Crippen molar-refractivity contribution < 1.29 is 0 Å².